The van der Waals surface area contributed by atoms with E-state index in [0.29, 0.717) is 36.1 Å². The number of aromatic nitrogens is 3. The molecule has 1 aliphatic rings. The molecular weight excluding hydrogens is 422 g/mol. The van der Waals surface area contributed by atoms with Crippen molar-refractivity contribution in [3.63, 3.8) is 0 Å². The van der Waals surface area contributed by atoms with Crippen LogP contribution in [-0.4, -0.2) is 46.6 Å². The number of amides is 1. The van der Waals surface area contributed by atoms with Crippen molar-refractivity contribution in [3.8, 4) is 11.5 Å². The summed E-state index contributed by atoms with van der Waals surface area (Å²) in [6.07, 6.45) is 3.23. The Kier molecular flexibility index (Phi) is 6.60. The fourth-order valence-corrected chi connectivity index (χ4v) is 3.77. The molecule has 4 rings (SSSR count). The Balaban J connectivity index is 1.76. The Morgan fingerprint density at radius 1 is 1.18 bits per heavy atom. The molecule has 0 unspecified atom stereocenters. The number of hydrogen-bond donors (Lipinski definition) is 3. The van der Waals surface area contributed by atoms with Gasteiger partial charge in [0.2, 0.25) is 11.9 Å². The topological polar surface area (TPSA) is 111 Å². The van der Waals surface area contributed by atoms with Gasteiger partial charge in [0.05, 0.1) is 14.2 Å². The standard InChI is InChI=1S/C24H27N5O4/c1-15(31)25-17-8-6-16(7-9-17)20-14-21(19-11-10-18(32-2)13-22(19)33-3)29-24(26-20)27-23(28-29)5-4-12-30/h6-11,13-14,21,30H,4-5,12H2,1-3H3,(H,25,31)(H,26,27,28)/t21-/m1/s1. The minimum Gasteiger partial charge on any atom is -0.497 e. The number of carbonyl (C=O) groups excluding carboxylic acids is 1. The summed E-state index contributed by atoms with van der Waals surface area (Å²) in [4.78, 5) is 16.0. The largest absolute Gasteiger partial charge is 0.497 e. The third-order valence-corrected chi connectivity index (χ3v) is 5.34. The number of carbonyl (C=O) groups is 1. The Labute approximate surface area is 192 Å². The second-order valence-corrected chi connectivity index (χ2v) is 7.64. The zero-order valence-corrected chi connectivity index (χ0v) is 18.8. The van der Waals surface area contributed by atoms with E-state index in [2.05, 4.69) is 21.7 Å². The molecule has 2 aromatic carbocycles. The highest BCUT2D eigenvalue weighted by Gasteiger charge is 2.27. The molecule has 1 aromatic heterocycles. The number of allylic oxidation sites excluding steroid dienone is 1. The van der Waals surface area contributed by atoms with Gasteiger partial charge in [-0.1, -0.05) is 12.1 Å². The third kappa shape index (κ3) is 4.83. The molecule has 0 fully saturated rings. The number of aliphatic hydroxyl groups excluding tert-OH is 1. The Morgan fingerprint density at radius 2 is 1.97 bits per heavy atom. The van der Waals surface area contributed by atoms with Gasteiger partial charge in [0, 0.05) is 43.0 Å². The number of rotatable bonds is 8. The molecule has 9 heteroatoms. The molecule has 33 heavy (non-hydrogen) atoms. The number of nitrogens with one attached hydrogen (secondary N) is 2. The van der Waals surface area contributed by atoms with Crippen LogP contribution in [0.25, 0.3) is 5.70 Å². The van der Waals surface area contributed by atoms with Crippen LogP contribution in [0.1, 0.15) is 36.3 Å². The van der Waals surface area contributed by atoms with Gasteiger partial charge in [-0.15, -0.1) is 0 Å². The molecule has 0 spiro atoms. The molecule has 1 aliphatic heterocycles. The maximum absolute atomic E-state index is 11.3. The first-order chi connectivity index (χ1) is 16.0. The zero-order valence-electron chi connectivity index (χ0n) is 18.8. The molecule has 3 N–H and O–H groups in total. The van der Waals surface area contributed by atoms with Crippen molar-refractivity contribution < 1.29 is 19.4 Å². The minimum atomic E-state index is -0.275. The molecule has 172 valence electrons. The average molecular weight is 450 g/mol. The van der Waals surface area contributed by atoms with Crippen molar-refractivity contribution in [3.05, 3.63) is 65.5 Å². The van der Waals surface area contributed by atoms with E-state index < -0.39 is 0 Å². The monoisotopic (exact) mass is 449 g/mol. The zero-order chi connectivity index (χ0) is 23.4. The highest BCUT2D eigenvalue weighted by molar-refractivity contribution is 5.89. The van der Waals surface area contributed by atoms with Crippen molar-refractivity contribution in [2.45, 2.75) is 25.8 Å². The van der Waals surface area contributed by atoms with E-state index >= 15 is 0 Å². The summed E-state index contributed by atoms with van der Waals surface area (Å²) < 4.78 is 12.8. The van der Waals surface area contributed by atoms with Gasteiger partial charge in [0.15, 0.2) is 5.82 Å². The second-order valence-electron chi connectivity index (χ2n) is 7.64. The van der Waals surface area contributed by atoms with E-state index in [-0.39, 0.29) is 18.6 Å². The lowest BCUT2D eigenvalue weighted by atomic mass is 10.0. The molecule has 1 atom stereocenters. The van der Waals surface area contributed by atoms with Gasteiger partial charge in [-0.05, 0) is 42.3 Å². The number of nitrogens with zero attached hydrogens (tertiary/aromatic N) is 3. The number of fused-ring (bicyclic) bond motifs is 1. The molecule has 9 nitrogen and oxygen atoms in total. The van der Waals surface area contributed by atoms with Crippen LogP contribution in [0.5, 0.6) is 11.5 Å². The number of aliphatic hydroxyl groups is 1. The van der Waals surface area contributed by atoms with Gasteiger partial charge in [0.25, 0.3) is 0 Å². The van der Waals surface area contributed by atoms with Gasteiger partial charge in [-0.3, -0.25) is 4.79 Å². The van der Waals surface area contributed by atoms with Crippen molar-refractivity contribution in [2.24, 2.45) is 0 Å². The first-order valence-electron chi connectivity index (χ1n) is 10.7. The lowest BCUT2D eigenvalue weighted by Crippen LogP contribution is -2.20. The van der Waals surface area contributed by atoms with E-state index in [9.17, 15) is 9.90 Å². The molecule has 0 aliphatic carbocycles. The maximum atomic E-state index is 11.3. The summed E-state index contributed by atoms with van der Waals surface area (Å²) in [7, 11) is 3.24. The van der Waals surface area contributed by atoms with Crippen LogP contribution in [0.4, 0.5) is 11.6 Å². The number of aryl methyl sites for hydroxylation is 1. The lowest BCUT2D eigenvalue weighted by molar-refractivity contribution is -0.114. The molecule has 3 aromatic rings. The minimum absolute atomic E-state index is 0.0805. The Morgan fingerprint density at radius 3 is 2.64 bits per heavy atom. The number of ether oxygens (including phenoxy) is 2. The quantitative estimate of drug-likeness (QED) is 0.484. The lowest BCUT2D eigenvalue weighted by Gasteiger charge is -2.25. The summed E-state index contributed by atoms with van der Waals surface area (Å²) in [6, 6.07) is 13.0. The van der Waals surface area contributed by atoms with Crippen molar-refractivity contribution in [2.75, 3.05) is 31.5 Å². The van der Waals surface area contributed by atoms with Crippen molar-refractivity contribution in [1.29, 1.82) is 0 Å². The fraction of sp³-hybridized carbons (Fsp3) is 0.292. The predicted octanol–water partition coefficient (Wildman–Crippen LogP) is 3.23. The highest BCUT2D eigenvalue weighted by Crippen LogP contribution is 2.38. The number of hydrogen-bond acceptors (Lipinski definition) is 7. The van der Waals surface area contributed by atoms with Crippen LogP contribution in [-0.2, 0) is 11.2 Å². The molecule has 0 saturated carbocycles. The van der Waals surface area contributed by atoms with Gasteiger partial charge < -0.3 is 25.2 Å². The van der Waals surface area contributed by atoms with Crippen molar-refractivity contribution >= 4 is 23.2 Å². The van der Waals surface area contributed by atoms with E-state index in [4.69, 9.17) is 14.6 Å². The Bertz CT molecular complexity index is 1170. The van der Waals surface area contributed by atoms with E-state index in [1.165, 1.54) is 6.92 Å². The fourth-order valence-electron chi connectivity index (χ4n) is 3.77. The smallest absolute Gasteiger partial charge is 0.226 e. The summed E-state index contributed by atoms with van der Waals surface area (Å²) in [5, 5.41) is 20.0. The summed E-state index contributed by atoms with van der Waals surface area (Å²) in [5.41, 5.74) is 3.44. The van der Waals surface area contributed by atoms with Gasteiger partial charge in [-0.2, -0.15) is 10.1 Å². The summed E-state index contributed by atoms with van der Waals surface area (Å²) in [6.45, 7) is 1.56. The third-order valence-electron chi connectivity index (χ3n) is 5.34. The molecule has 2 heterocycles. The maximum Gasteiger partial charge on any atom is 0.226 e. The van der Waals surface area contributed by atoms with E-state index in [1.807, 2.05) is 47.1 Å². The van der Waals surface area contributed by atoms with Crippen LogP contribution in [0.3, 0.4) is 0 Å². The van der Waals surface area contributed by atoms with Crippen LogP contribution < -0.4 is 20.1 Å². The van der Waals surface area contributed by atoms with Crippen LogP contribution in [0.2, 0.25) is 0 Å². The SMILES string of the molecule is COc1ccc([C@H]2C=C(c3ccc(NC(C)=O)cc3)Nc3nc(CCCO)nn32)c(OC)c1. The summed E-state index contributed by atoms with van der Waals surface area (Å²) in [5.74, 6) is 2.52. The Hall–Kier alpha value is -3.85. The van der Waals surface area contributed by atoms with E-state index in [0.717, 1.165) is 22.5 Å². The summed E-state index contributed by atoms with van der Waals surface area (Å²) >= 11 is 0. The molecule has 0 bridgehead atoms. The van der Waals surface area contributed by atoms with E-state index in [1.54, 1.807) is 14.2 Å². The van der Waals surface area contributed by atoms with Gasteiger partial charge in [-0.25, -0.2) is 4.68 Å². The first kappa shape index (κ1) is 22.3. The second kappa shape index (κ2) is 9.74. The van der Waals surface area contributed by atoms with Gasteiger partial charge >= 0.3 is 0 Å². The van der Waals surface area contributed by atoms with Gasteiger partial charge in [0.1, 0.15) is 17.5 Å². The normalized spacial score (nSPS) is 14.7. The van der Waals surface area contributed by atoms with Crippen LogP contribution in [0.15, 0.2) is 48.5 Å². The number of methoxy groups -OCH3 is 2. The van der Waals surface area contributed by atoms with Crippen molar-refractivity contribution in [1.82, 2.24) is 14.8 Å². The average Bonchev–Trinajstić information content (AvgIpc) is 3.24. The predicted molar refractivity (Wildman–Crippen MR) is 125 cm³/mol. The first-order valence-corrected chi connectivity index (χ1v) is 10.7. The molecule has 0 saturated heterocycles. The number of benzene rings is 2. The number of anilines is 2. The van der Waals surface area contributed by atoms with Crippen LogP contribution >= 0.6 is 0 Å². The van der Waals surface area contributed by atoms with Crippen LogP contribution in [0, 0.1) is 0 Å². The molecule has 1 amide bonds. The highest BCUT2D eigenvalue weighted by atomic mass is 16.5. The molecule has 0 radical (unpaired) electrons. The molecular formula is C24H27N5O4.